The Hall–Kier alpha value is -2.21. The molecule has 0 fully saturated rings. The molecule has 160 valence electrons. The molecule has 0 bridgehead atoms. The fourth-order valence-electron chi connectivity index (χ4n) is 2.21. The zero-order valence-corrected chi connectivity index (χ0v) is 18.1. The molecular weight excluding hydrogens is 502 g/mol. The van der Waals surface area contributed by atoms with Crippen molar-refractivity contribution in [2.75, 3.05) is 20.3 Å². The Morgan fingerprint density at radius 1 is 1.03 bits per heavy atom. The first-order valence-electron chi connectivity index (χ1n) is 8.45. The van der Waals surface area contributed by atoms with Crippen LogP contribution in [0.5, 0.6) is 11.5 Å². The number of nitrogens with zero attached hydrogens (tertiary/aromatic N) is 1. The summed E-state index contributed by atoms with van der Waals surface area (Å²) in [5.74, 6) is 0.671. The lowest BCUT2D eigenvalue weighted by Crippen LogP contribution is -2.31. The predicted molar refractivity (Wildman–Crippen MR) is 115 cm³/mol. The molecule has 6 nitrogen and oxygen atoms in total. The van der Waals surface area contributed by atoms with Gasteiger partial charge in [-0.2, -0.15) is 0 Å². The van der Waals surface area contributed by atoms with Crippen LogP contribution >= 0.6 is 24.0 Å². The van der Waals surface area contributed by atoms with E-state index in [4.69, 9.17) is 15.2 Å². The average Bonchev–Trinajstić information content (AvgIpc) is 2.65. The summed E-state index contributed by atoms with van der Waals surface area (Å²) < 4.78 is 50.7. The number of nitrogens with one attached hydrogen (secondary N) is 1. The minimum Gasteiger partial charge on any atom is -0.491 e. The molecule has 0 aliphatic heterocycles. The first kappa shape index (κ1) is 24.8. The Labute approximate surface area is 184 Å². The molecule has 0 aromatic heterocycles. The number of rotatable bonds is 9. The summed E-state index contributed by atoms with van der Waals surface area (Å²) in [6.07, 6.45) is -4.71. The van der Waals surface area contributed by atoms with Crippen molar-refractivity contribution in [3.8, 4) is 11.5 Å². The Morgan fingerprint density at radius 2 is 1.76 bits per heavy atom. The minimum absolute atomic E-state index is 0. The van der Waals surface area contributed by atoms with Crippen molar-refractivity contribution in [3.05, 3.63) is 59.7 Å². The maximum absolute atomic E-state index is 12.1. The Balaban J connectivity index is 0.00000420. The van der Waals surface area contributed by atoms with Crippen LogP contribution in [0.2, 0.25) is 0 Å². The summed E-state index contributed by atoms with van der Waals surface area (Å²) in [7, 11) is 1.61. The lowest BCUT2D eigenvalue weighted by Gasteiger charge is -2.10. The molecule has 0 radical (unpaired) electrons. The second kappa shape index (κ2) is 12.4. The highest BCUT2D eigenvalue weighted by molar-refractivity contribution is 14.0. The zero-order chi connectivity index (χ0) is 20.4. The van der Waals surface area contributed by atoms with Crippen LogP contribution in [0.25, 0.3) is 0 Å². The number of alkyl halides is 3. The van der Waals surface area contributed by atoms with Crippen molar-refractivity contribution in [1.82, 2.24) is 5.32 Å². The smallest absolute Gasteiger partial charge is 0.491 e. The molecule has 10 heteroatoms. The molecule has 2 aromatic carbocycles. The number of nitrogens with two attached hydrogens (primary N) is 1. The fraction of sp³-hybridized carbons (Fsp3) is 0.316. The van der Waals surface area contributed by atoms with Crippen molar-refractivity contribution in [2.45, 2.75) is 19.5 Å². The zero-order valence-electron chi connectivity index (χ0n) is 15.7. The van der Waals surface area contributed by atoms with Crippen LogP contribution in [0.3, 0.4) is 0 Å². The van der Waals surface area contributed by atoms with E-state index in [1.807, 2.05) is 24.3 Å². The SMILES string of the molecule is COCCOc1cccc(CN=C(N)NCc2ccc(OC(F)(F)F)cc2)c1.I. The molecule has 2 rings (SSSR count). The van der Waals surface area contributed by atoms with Crippen molar-refractivity contribution in [1.29, 1.82) is 0 Å². The number of hydrogen-bond donors (Lipinski definition) is 2. The quantitative estimate of drug-likeness (QED) is 0.225. The van der Waals surface area contributed by atoms with E-state index in [2.05, 4.69) is 15.0 Å². The predicted octanol–water partition coefficient (Wildman–Crippen LogP) is 3.83. The maximum atomic E-state index is 12.1. The van der Waals surface area contributed by atoms with Crippen molar-refractivity contribution in [2.24, 2.45) is 10.7 Å². The maximum Gasteiger partial charge on any atom is 0.573 e. The van der Waals surface area contributed by atoms with Gasteiger partial charge in [-0.25, -0.2) is 4.99 Å². The third-order valence-electron chi connectivity index (χ3n) is 3.52. The van der Waals surface area contributed by atoms with Crippen LogP contribution < -0.4 is 20.5 Å². The number of hydrogen-bond acceptors (Lipinski definition) is 4. The van der Waals surface area contributed by atoms with Gasteiger partial charge in [0.05, 0.1) is 13.2 Å². The third-order valence-corrected chi connectivity index (χ3v) is 3.52. The molecule has 0 amide bonds. The summed E-state index contributed by atoms with van der Waals surface area (Å²) >= 11 is 0. The van der Waals surface area contributed by atoms with Gasteiger partial charge in [0.25, 0.3) is 0 Å². The minimum atomic E-state index is -4.71. The van der Waals surface area contributed by atoms with E-state index in [9.17, 15) is 13.2 Å². The fourth-order valence-corrected chi connectivity index (χ4v) is 2.21. The van der Waals surface area contributed by atoms with E-state index in [1.54, 1.807) is 7.11 Å². The van der Waals surface area contributed by atoms with Gasteiger partial charge in [0, 0.05) is 13.7 Å². The number of benzene rings is 2. The van der Waals surface area contributed by atoms with Crippen LogP contribution in [-0.2, 0) is 17.8 Å². The van der Waals surface area contributed by atoms with E-state index < -0.39 is 6.36 Å². The summed E-state index contributed by atoms with van der Waals surface area (Å²) in [6, 6.07) is 13.0. The lowest BCUT2D eigenvalue weighted by atomic mass is 10.2. The average molecular weight is 525 g/mol. The second-order valence-electron chi connectivity index (χ2n) is 5.74. The molecule has 0 heterocycles. The standard InChI is InChI=1S/C19H22F3N3O3.HI/c1-26-9-10-27-17-4-2-3-15(11-17)13-25-18(23)24-12-14-5-7-16(8-6-14)28-19(20,21)22;/h2-8,11H,9-10,12-13H2,1H3,(H3,23,24,25);1H. The van der Waals surface area contributed by atoms with Gasteiger partial charge >= 0.3 is 6.36 Å². The van der Waals surface area contributed by atoms with Crippen LogP contribution in [0, 0.1) is 0 Å². The molecule has 2 aromatic rings. The van der Waals surface area contributed by atoms with Crippen LogP contribution in [0.1, 0.15) is 11.1 Å². The molecule has 0 unspecified atom stereocenters. The summed E-state index contributed by atoms with van der Waals surface area (Å²) in [5.41, 5.74) is 7.50. The first-order valence-corrected chi connectivity index (χ1v) is 8.45. The normalized spacial score (nSPS) is 11.5. The summed E-state index contributed by atoms with van der Waals surface area (Å²) in [5, 5.41) is 2.91. The van der Waals surface area contributed by atoms with Crippen LogP contribution in [0.15, 0.2) is 53.5 Å². The molecule has 3 N–H and O–H groups in total. The number of guanidine groups is 1. The van der Waals surface area contributed by atoms with E-state index in [0.717, 1.165) is 16.9 Å². The second-order valence-corrected chi connectivity index (χ2v) is 5.74. The van der Waals surface area contributed by atoms with Gasteiger partial charge in [-0.15, -0.1) is 37.1 Å². The molecule has 0 aliphatic carbocycles. The number of aliphatic imine (C=N–C) groups is 1. The van der Waals surface area contributed by atoms with Crippen LogP contribution in [-0.4, -0.2) is 32.6 Å². The van der Waals surface area contributed by atoms with Crippen molar-refractivity contribution < 1.29 is 27.4 Å². The molecule has 0 spiro atoms. The summed E-state index contributed by atoms with van der Waals surface area (Å²) in [4.78, 5) is 4.24. The summed E-state index contributed by atoms with van der Waals surface area (Å²) in [6.45, 7) is 1.64. The van der Waals surface area contributed by atoms with Gasteiger partial charge in [0.15, 0.2) is 5.96 Å². The third kappa shape index (κ3) is 10.2. The van der Waals surface area contributed by atoms with E-state index in [1.165, 1.54) is 24.3 Å². The van der Waals surface area contributed by atoms with Gasteiger partial charge < -0.3 is 25.3 Å². The Kier molecular flexibility index (Phi) is 10.6. The highest BCUT2D eigenvalue weighted by Gasteiger charge is 2.30. The van der Waals surface area contributed by atoms with Crippen molar-refractivity contribution >= 4 is 29.9 Å². The topological polar surface area (TPSA) is 78.1 Å². The van der Waals surface area contributed by atoms with Gasteiger partial charge in [-0.05, 0) is 35.4 Å². The molecular formula is C19H23F3IN3O3. The molecule has 0 saturated carbocycles. The van der Waals surface area contributed by atoms with Crippen molar-refractivity contribution in [3.63, 3.8) is 0 Å². The highest BCUT2D eigenvalue weighted by atomic mass is 127. The first-order chi connectivity index (χ1) is 13.4. The number of ether oxygens (including phenoxy) is 3. The molecule has 29 heavy (non-hydrogen) atoms. The van der Waals surface area contributed by atoms with Crippen LogP contribution in [0.4, 0.5) is 13.2 Å². The molecule has 0 atom stereocenters. The van der Waals surface area contributed by atoms with E-state index in [0.29, 0.717) is 26.3 Å². The number of halogens is 4. The van der Waals surface area contributed by atoms with Gasteiger partial charge in [0.2, 0.25) is 0 Å². The Bertz CT molecular complexity index is 771. The number of methoxy groups -OCH3 is 1. The van der Waals surface area contributed by atoms with Gasteiger partial charge in [0.1, 0.15) is 18.1 Å². The molecule has 0 saturated heterocycles. The van der Waals surface area contributed by atoms with Gasteiger partial charge in [-0.3, -0.25) is 0 Å². The van der Waals surface area contributed by atoms with Gasteiger partial charge in [-0.1, -0.05) is 24.3 Å². The highest BCUT2D eigenvalue weighted by Crippen LogP contribution is 2.22. The largest absolute Gasteiger partial charge is 0.573 e. The van der Waals surface area contributed by atoms with E-state index in [-0.39, 0.29) is 35.7 Å². The monoisotopic (exact) mass is 525 g/mol. The lowest BCUT2D eigenvalue weighted by molar-refractivity contribution is -0.274. The molecule has 0 aliphatic rings. The Morgan fingerprint density at radius 3 is 2.41 bits per heavy atom. The van der Waals surface area contributed by atoms with E-state index >= 15 is 0 Å².